The average molecular weight is 287 g/mol. The van der Waals surface area contributed by atoms with Crippen molar-refractivity contribution in [1.82, 2.24) is 0 Å². The van der Waals surface area contributed by atoms with Gasteiger partial charge in [-0.2, -0.15) is 0 Å². The Morgan fingerprint density at radius 3 is 2.50 bits per heavy atom. The van der Waals surface area contributed by atoms with Crippen LogP contribution in [0.1, 0.15) is 12.5 Å². The first-order valence-electron chi connectivity index (χ1n) is 6.48. The molecule has 3 nitrogen and oxygen atoms in total. The molecule has 2 aromatic rings. The van der Waals surface area contributed by atoms with Crippen molar-refractivity contribution in [1.29, 1.82) is 0 Å². The molecule has 0 radical (unpaired) electrons. The fraction of sp³-hybridized carbons (Fsp3) is 0.188. The molecule has 1 N–H and O–H groups in total. The minimum absolute atomic E-state index is 0.0596. The van der Waals surface area contributed by atoms with Crippen LogP contribution in [-0.2, 0) is 11.2 Å². The van der Waals surface area contributed by atoms with Crippen LogP contribution in [-0.4, -0.2) is 12.5 Å². The largest absolute Gasteiger partial charge is 0.494 e. The van der Waals surface area contributed by atoms with Gasteiger partial charge in [-0.1, -0.05) is 24.3 Å². The third-order valence-electron chi connectivity index (χ3n) is 2.78. The lowest BCUT2D eigenvalue weighted by molar-refractivity contribution is -0.115. The summed E-state index contributed by atoms with van der Waals surface area (Å²) >= 11 is 4.30. The van der Waals surface area contributed by atoms with Crippen LogP contribution in [0.4, 0.5) is 5.69 Å². The zero-order valence-electron chi connectivity index (χ0n) is 11.3. The van der Waals surface area contributed by atoms with Gasteiger partial charge in [0.2, 0.25) is 5.91 Å². The maximum absolute atomic E-state index is 12.0. The Hall–Kier alpha value is -1.94. The summed E-state index contributed by atoms with van der Waals surface area (Å²) in [7, 11) is 0. The van der Waals surface area contributed by atoms with Crippen LogP contribution in [0.3, 0.4) is 0 Å². The molecule has 0 aromatic heterocycles. The van der Waals surface area contributed by atoms with Gasteiger partial charge in [0.15, 0.2) is 0 Å². The molecule has 20 heavy (non-hydrogen) atoms. The molecule has 2 rings (SSSR count). The molecule has 104 valence electrons. The predicted molar refractivity (Wildman–Crippen MR) is 83.6 cm³/mol. The number of hydrogen-bond acceptors (Lipinski definition) is 3. The first-order valence-corrected chi connectivity index (χ1v) is 6.93. The molecule has 0 saturated heterocycles. The zero-order chi connectivity index (χ0) is 14.4. The van der Waals surface area contributed by atoms with E-state index in [0.717, 1.165) is 21.9 Å². The van der Waals surface area contributed by atoms with Crippen molar-refractivity contribution >= 4 is 24.2 Å². The Morgan fingerprint density at radius 2 is 1.85 bits per heavy atom. The van der Waals surface area contributed by atoms with Crippen molar-refractivity contribution in [3.8, 4) is 5.75 Å². The lowest BCUT2D eigenvalue weighted by atomic mass is 10.1. The number of ether oxygens (including phenoxy) is 1. The number of para-hydroxylation sites is 1. The lowest BCUT2D eigenvalue weighted by Gasteiger charge is -2.08. The van der Waals surface area contributed by atoms with Crippen molar-refractivity contribution in [3.05, 3.63) is 54.1 Å². The molecule has 4 heteroatoms. The van der Waals surface area contributed by atoms with Gasteiger partial charge in [-0.3, -0.25) is 4.79 Å². The van der Waals surface area contributed by atoms with Gasteiger partial charge in [0, 0.05) is 4.90 Å². The monoisotopic (exact) mass is 287 g/mol. The molecule has 0 aliphatic rings. The third kappa shape index (κ3) is 4.03. The molecular weight excluding hydrogens is 270 g/mol. The van der Waals surface area contributed by atoms with Crippen molar-refractivity contribution in [2.45, 2.75) is 18.2 Å². The molecule has 0 saturated carbocycles. The van der Waals surface area contributed by atoms with E-state index < -0.39 is 0 Å². The summed E-state index contributed by atoms with van der Waals surface area (Å²) in [4.78, 5) is 12.7. The number of thiol groups is 1. The van der Waals surface area contributed by atoms with Crippen molar-refractivity contribution in [3.63, 3.8) is 0 Å². The van der Waals surface area contributed by atoms with E-state index in [2.05, 4.69) is 17.9 Å². The molecule has 0 aliphatic carbocycles. The standard InChI is InChI=1S/C16H17NO2S/c1-2-19-13-9-7-12(8-10-13)11-16(18)17-14-5-3-4-6-15(14)20/h3-10,20H,2,11H2,1H3,(H,17,18). The smallest absolute Gasteiger partial charge is 0.228 e. The summed E-state index contributed by atoms with van der Waals surface area (Å²) in [5.74, 6) is 0.757. The van der Waals surface area contributed by atoms with E-state index in [0.29, 0.717) is 13.0 Å². The van der Waals surface area contributed by atoms with Gasteiger partial charge < -0.3 is 10.1 Å². The third-order valence-corrected chi connectivity index (χ3v) is 3.17. The first kappa shape index (κ1) is 14.5. The van der Waals surface area contributed by atoms with Gasteiger partial charge in [0.05, 0.1) is 18.7 Å². The Morgan fingerprint density at radius 1 is 1.15 bits per heavy atom. The Bertz CT molecular complexity index is 581. The van der Waals surface area contributed by atoms with Crippen molar-refractivity contribution in [2.75, 3.05) is 11.9 Å². The van der Waals surface area contributed by atoms with Crippen molar-refractivity contribution in [2.24, 2.45) is 0 Å². The molecule has 1 amide bonds. The van der Waals surface area contributed by atoms with Crippen LogP contribution < -0.4 is 10.1 Å². The van der Waals surface area contributed by atoms with Crippen LogP contribution in [0.5, 0.6) is 5.75 Å². The normalized spacial score (nSPS) is 10.1. The second kappa shape index (κ2) is 7.01. The number of carbonyl (C=O) groups is 1. The SMILES string of the molecule is CCOc1ccc(CC(=O)Nc2ccccc2S)cc1. The summed E-state index contributed by atoms with van der Waals surface area (Å²) in [6, 6.07) is 15.0. The van der Waals surface area contributed by atoms with Gasteiger partial charge in [0.1, 0.15) is 5.75 Å². The number of hydrogen-bond donors (Lipinski definition) is 2. The van der Waals surface area contributed by atoms with Crippen LogP contribution in [0, 0.1) is 0 Å². The molecule has 2 aromatic carbocycles. The highest BCUT2D eigenvalue weighted by molar-refractivity contribution is 7.80. The summed E-state index contributed by atoms with van der Waals surface area (Å²) < 4.78 is 5.37. The van der Waals surface area contributed by atoms with Crippen molar-refractivity contribution < 1.29 is 9.53 Å². The van der Waals surface area contributed by atoms with Gasteiger partial charge in [-0.05, 0) is 36.8 Å². The average Bonchev–Trinajstić information content (AvgIpc) is 2.44. The quantitative estimate of drug-likeness (QED) is 0.825. The van der Waals surface area contributed by atoms with Gasteiger partial charge >= 0.3 is 0 Å². The second-order valence-electron chi connectivity index (χ2n) is 4.32. The van der Waals surface area contributed by atoms with Gasteiger partial charge in [0.25, 0.3) is 0 Å². The van der Waals surface area contributed by atoms with E-state index in [1.807, 2.05) is 55.5 Å². The van der Waals surface area contributed by atoms with E-state index in [-0.39, 0.29) is 5.91 Å². The molecule has 0 aliphatic heterocycles. The molecule has 0 fully saturated rings. The molecular formula is C16H17NO2S. The van der Waals surface area contributed by atoms with E-state index >= 15 is 0 Å². The highest BCUT2D eigenvalue weighted by Gasteiger charge is 2.06. The van der Waals surface area contributed by atoms with Crippen LogP contribution in [0.15, 0.2) is 53.4 Å². The summed E-state index contributed by atoms with van der Waals surface area (Å²) in [5.41, 5.74) is 1.68. The Labute approximate surface area is 124 Å². The Balaban J connectivity index is 1.96. The van der Waals surface area contributed by atoms with E-state index in [4.69, 9.17) is 4.74 Å². The summed E-state index contributed by atoms with van der Waals surface area (Å²) in [6.07, 6.45) is 0.328. The summed E-state index contributed by atoms with van der Waals surface area (Å²) in [5, 5.41) is 2.85. The second-order valence-corrected chi connectivity index (χ2v) is 4.80. The molecule has 0 spiro atoms. The highest BCUT2D eigenvalue weighted by atomic mass is 32.1. The molecule has 0 atom stereocenters. The first-order chi connectivity index (χ1) is 9.69. The lowest BCUT2D eigenvalue weighted by Crippen LogP contribution is -2.14. The van der Waals surface area contributed by atoms with Crippen LogP contribution >= 0.6 is 12.6 Å². The fourth-order valence-corrected chi connectivity index (χ4v) is 2.05. The topological polar surface area (TPSA) is 38.3 Å². The van der Waals surface area contributed by atoms with Gasteiger partial charge in [-0.15, -0.1) is 12.6 Å². The van der Waals surface area contributed by atoms with E-state index in [1.165, 1.54) is 0 Å². The van der Waals surface area contributed by atoms with Crippen LogP contribution in [0.25, 0.3) is 0 Å². The minimum Gasteiger partial charge on any atom is -0.494 e. The highest BCUT2D eigenvalue weighted by Crippen LogP contribution is 2.19. The fourth-order valence-electron chi connectivity index (χ4n) is 1.83. The number of carbonyl (C=O) groups excluding carboxylic acids is 1. The minimum atomic E-state index is -0.0596. The maximum atomic E-state index is 12.0. The van der Waals surface area contributed by atoms with Crippen LogP contribution in [0.2, 0.25) is 0 Å². The zero-order valence-corrected chi connectivity index (χ0v) is 12.2. The maximum Gasteiger partial charge on any atom is 0.228 e. The van der Waals surface area contributed by atoms with Gasteiger partial charge in [-0.25, -0.2) is 0 Å². The number of anilines is 1. The molecule has 0 bridgehead atoms. The predicted octanol–water partition coefficient (Wildman–Crippen LogP) is 3.56. The molecule has 0 heterocycles. The number of benzene rings is 2. The van der Waals surface area contributed by atoms with E-state index in [1.54, 1.807) is 0 Å². The summed E-state index contributed by atoms with van der Waals surface area (Å²) in [6.45, 7) is 2.58. The number of amides is 1. The number of rotatable bonds is 5. The van der Waals surface area contributed by atoms with E-state index in [9.17, 15) is 4.79 Å². The Kier molecular flexibility index (Phi) is 5.07. The number of nitrogens with one attached hydrogen (secondary N) is 1. The molecule has 0 unspecified atom stereocenters.